The number of likely N-dealkylation sites (tertiary alicyclic amines) is 1. The van der Waals surface area contributed by atoms with Gasteiger partial charge < -0.3 is 0 Å². The number of nitrogens with zero attached hydrogens (tertiary/aromatic N) is 1. The zero-order valence-corrected chi connectivity index (χ0v) is 12.7. The predicted molar refractivity (Wildman–Crippen MR) is 78.3 cm³/mol. The number of rotatable bonds is 3. The van der Waals surface area contributed by atoms with Gasteiger partial charge in [0.2, 0.25) is 0 Å². The van der Waals surface area contributed by atoms with Gasteiger partial charge in [-0.2, -0.15) is 0 Å². The lowest BCUT2D eigenvalue weighted by atomic mass is 10.00. The second-order valence-corrected chi connectivity index (χ2v) is 6.12. The molecule has 1 nitrogen and oxygen atoms in total. The Bertz CT molecular complexity index is 384. The molecule has 1 aromatic rings. The normalized spacial score (nSPS) is 21.7. The molecule has 0 spiro atoms. The van der Waals surface area contributed by atoms with Gasteiger partial charge in [-0.1, -0.05) is 39.1 Å². The third-order valence-electron chi connectivity index (χ3n) is 3.22. The van der Waals surface area contributed by atoms with E-state index in [0.29, 0.717) is 0 Å². The summed E-state index contributed by atoms with van der Waals surface area (Å²) in [5, 5.41) is 2.67. The Hall–Kier alpha value is 0.240. The molecule has 0 amide bonds. The Morgan fingerprint density at radius 3 is 2.94 bits per heavy atom. The number of hydrogen-bond donors (Lipinski definition) is 0. The third-order valence-corrected chi connectivity index (χ3v) is 4.74. The molecule has 1 unspecified atom stereocenters. The fraction of sp³-hybridized carbons (Fsp3) is 0.538. The van der Waals surface area contributed by atoms with E-state index < -0.39 is 0 Å². The third kappa shape index (κ3) is 3.85. The van der Waals surface area contributed by atoms with Crippen molar-refractivity contribution in [3.05, 3.63) is 33.8 Å². The second-order valence-electron chi connectivity index (χ2n) is 4.63. The maximum absolute atomic E-state index is 6.19. The van der Waals surface area contributed by atoms with E-state index in [1.807, 2.05) is 18.2 Å². The van der Waals surface area contributed by atoms with E-state index in [-0.39, 0.29) is 0 Å². The second kappa shape index (κ2) is 6.42. The van der Waals surface area contributed by atoms with Gasteiger partial charge in [-0.25, -0.2) is 0 Å². The quantitative estimate of drug-likeness (QED) is 0.729. The topological polar surface area (TPSA) is 3.24 Å². The summed E-state index contributed by atoms with van der Waals surface area (Å²) in [6.07, 6.45) is 2.60. The number of piperidine rings is 1. The van der Waals surface area contributed by atoms with E-state index in [1.54, 1.807) is 0 Å². The van der Waals surface area contributed by atoms with Gasteiger partial charge >= 0.3 is 0 Å². The monoisotopic (exact) mass is 335 g/mol. The summed E-state index contributed by atoms with van der Waals surface area (Å²) in [6, 6.07) is 5.69. The van der Waals surface area contributed by atoms with Crippen molar-refractivity contribution in [3.63, 3.8) is 0 Å². The first-order valence-electron chi connectivity index (χ1n) is 5.91. The summed E-state index contributed by atoms with van der Waals surface area (Å²) in [4.78, 5) is 2.47. The Morgan fingerprint density at radius 1 is 1.35 bits per heavy atom. The van der Waals surface area contributed by atoms with Crippen molar-refractivity contribution in [2.75, 3.05) is 18.4 Å². The SMILES string of the molecule is Clc1ccc(Cl)c(CN2CCCC(CBr)C2)c1. The van der Waals surface area contributed by atoms with Crippen molar-refractivity contribution < 1.29 is 0 Å². The Balaban J connectivity index is 2.02. The van der Waals surface area contributed by atoms with Gasteiger partial charge in [0.25, 0.3) is 0 Å². The zero-order valence-electron chi connectivity index (χ0n) is 9.63. The summed E-state index contributed by atoms with van der Waals surface area (Å²) < 4.78 is 0. The summed E-state index contributed by atoms with van der Waals surface area (Å²) >= 11 is 15.8. The molecule has 1 aliphatic rings. The van der Waals surface area contributed by atoms with Gasteiger partial charge in [0.05, 0.1) is 0 Å². The molecule has 0 saturated carbocycles. The van der Waals surface area contributed by atoms with Crippen LogP contribution in [0.25, 0.3) is 0 Å². The van der Waals surface area contributed by atoms with Crippen molar-refractivity contribution in [1.29, 1.82) is 0 Å². The van der Waals surface area contributed by atoms with E-state index in [1.165, 1.54) is 12.8 Å². The molecule has 0 aromatic heterocycles. The first-order chi connectivity index (χ1) is 8.19. The lowest BCUT2D eigenvalue weighted by Crippen LogP contribution is -2.35. The fourth-order valence-corrected chi connectivity index (χ4v) is 3.23. The molecule has 2 rings (SSSR count). The summed E-state index contributed by atoms with van der Waals surface area (Å²) in [6.45, 7) is 3.21. The molecular weight excluding hydrogens is 321 g/mol. The fourth-order valence-electron chi connectivity index (χ4n) is 2.33. The molecule has 1 fully saturated rings. The predicted octanol–water partition coefficient (Wildman–Crippen LogP) is 4.60. The molecule has 1 saturated heterocycles. The highest BCUT2D eigenvalue weighted by Gasteiger charge is 2.19. The first kappa shape index (κ1) is 13.7. The molecule has 1 atom stereocenters. The molecule has 0 aliphatic carbocycles. The highest BCUT2D eigenvalue weighted by molar-refractivity contribution is 9.09. The lowest BCUT2D eigenvalue weighted by molar-refractivity contribution is 0.179. The highest BCUT2D eigenvalue weighted by atomic mass is 79.9. The largest absolute Gasteiger partial charge is 0.299 e. The molecule has 17 heavy (non-hydrogen) atoms. The molecule has 4 heteroatoms. The van der Waals surface area contributed by atoms with Crippen LogP contribution in [0, 0.1) is 5.92 Å². The molecule has 0 bridgehead atoms. The van der Waals surface area contributed by atoms with Crippen LogP contribution in [0.15, 0.2) is 18.2 Å². The van der Waals surface area contributed by atoms with E-state index in [2.05, 4.69) is 20.8 Å². The smallest absolute Gasteiger partial charge is 0.0452 e. The minimum absolute atomic E-state index is 0.762. The minimum atomic E-state index is 0.762. The van der Waals surface area contributed by atoms with E-state index in [9.17, 15) is 0 Å². The summed E-state index contributed by atoms with van der Waals surface area (Å²) in [5.74, 6) is 0.765. The Kier molecular flexibility index (Phi) is 5.16. The van der Waals surface area contributed by atoms with Gasteiger partial charge in [0, 0.05) is 28.5 Å². The number of hydrogen-bond acceptors (Lipinski definition) is 1. The van der Waals surface area contributed by atoms with Crippen LogP contribution >= 0.6 is 39.1 Å². The average molecular weight is 337 g/mol. The molecule has 0 radical (unpaired) electrons. The zero-order chi connectivity index (χ0) is 12.3. The Labute approximate surface area is 121 Å². The van der Waals surface area contributed by atoms with Gasteiger partial charge in [0.1, 0.15) is 0 Å². The van der Waals surface area contributed by atoms with Crippen molar-refractivity contribution in [3.8, 4) is 0 Å². The summed E-state index contributed by atoms with van der Waals surface area (Å²) in [5.41, 5.74) is 1.13. The first-order valence-corrected chi connectivity index (χ1v) is 7.79. The van der Waals surface area contributed by atoms with Crippen LogP contribution in [0.5, 0.6) is 0 Å². The molecule has 1 aliphatic heterocycles. The van der Waals surface area contributed by atoms with Crippen LogP contribution in [0.3, 0.4) is 0 Å². The van der Waals surface area contributed by atoms with Crippen LogP contribution in [-0.4, -0.2) is 23.3 Å². The van der Waals surface area contributed by atoms with Crippen molar-refractivity contribution in [2.24, 2.45) is 5.92 Å². The van der Waals surface area contributed by atoms with Gasteiger partial charge in [-0.3, -0.25) is 4.90 Å². The minimum Gasteiger partial charge on any atom is -0.299 e. The van der Waals surface area contributed by atoms with Crippen molar-refractivity contribution in [2.45, 2.75) is 19.4 Å². The van der Waals surface area contributed by atoms with Crippen LogP contribution in [0.1, 0.15) is 18.4 Å². The summed E-state index contributed by atoms with van der Waals surface area (Å²) in [7, 11) is 0. The standard InChI is InChI=1S/C13H16BrCl2N/c14-7-10-2-1-5-17(8-10)9-11-6-12(15)3-4-13(11)16/h3-4,6,10H,1-2,5,7-9H2. The number of alkyl halides is 1. The molecular formula is C13H16BrCl2N. The van der Waals surface area contributed by atoms with E-state index in [4.69, 9.17) is 23.2 Å². The van der Waals surface area contributed by atoms with Gasteiger partial charge in [-0.15, -0.1) is 0 Å². The molecule has 1 heterocycles. The van der Waals surface area contributed by atoms with Crippen molar-refractivity contribution >= 4 is 39.1 Å². The van der Waals surface area contributed by atoms with Crippen molar-refractivity contribution in [1.82, 2.24) is 4.90 Å². The van der Waals surface area contributed by atoms with Crippen LogP contribution < -0.4 is 0 Å². The van der Waals surface area contributed by atoms with Crippen LogP contribution in [-0.2, 0) is 6.54 Å². The van der Waals surface area contributed by atoms with Crippen LogP contribution in [0.4, 0.5) is 0 Å². The molecule has 0 N–H and O–H groups in total. The van der Waals surface area contributed by atoms with Gasteiger partial charge in [0.15, 0.2) is 0 Å². The maximum atomic E-state index is 6.19. The van der Waals surface area contributed by atoms with E-state index >= 15 is 0 Å². The average Bonchev–Trinajstić information content (AvgIpc) is 2.34. The van der Waals surface area contributed by atoms with Crippen LogP contribution in [0.2, 0.25) is 10.0 Å². The highest BCUT2D eigenvalue weighted by Crippen LogP contribution is 2.25. The van der Waals surface area contributed by atoms with E-state index in [0.717, 1.165) is 46.5 Å². The molecule has 1 aromatic carbocycles. The lowest BCUT2D eigenvalue weighted by Gasteiger charge is -2.32. The van der Waals surface area contributed by atoms with Gasteiger partial charge in [-0.05, 0) is 49.1 Å². The Morgan fingerprint density at radius 2 is 2.18 bits per heavy atom. The number of benzene rings is 1. The number of halogens is 3. The molecule has 94 valence electrons. The maximum Gasteiger partial charge on any atom is 0.0452 e.